The Hall–Kier alpha value is -2.11. The number of hydrogen-bond donors (Lipinski definition) is 3. The van der Waals surface area contributed by atoms with Gasteiger partial charge in [0.1, 0.15) is 5.82 Å². The van der Waals surface area contributed by atoms with Gasteiger partial charge in [0.25, 0.3) is 0 Å². The number of rotatable bonds is 5. The van der Waals surface area contributed by atoms with Gasteiger partial charge < -0.3 is 15.7 Å². The highest BCUT2D eigenvalue weighted by molar-refractivity contribution is 6.00. The van der Waals surface area contributed by atoms with Gasteiger partial charge in [0.2, 0.25) is 0 Å². The maximum absolute atomic E-state index is 13.2. The number of carbonyl (C=O) groups is 2. The van der Waals surface area contributed by atoms with E-state index >= 15 is 0 Å². The first-order chi connectivity index (χ1) is 9.35. The lowest BCUT2D eigenvalue weighted by Gasteiger charge is -2.21. The van der Waals surface area contributed by atoms with Crippen LogP contribution in [-0.4, -0.2) is 23.1 Å². The first-order valence-corrected chi connectivity index (χ1v) is 6.45. The number of halogens is 1. The first kappa shape index (κ1) is 15.9. The van der Waals surface area contributed by atoms with E-state index in [9.17, 15) is 14.0 Å². The van der Waals surface area contributed by atoms with Crippen molar-refractivity contribution in [3.05, 3.63) is 29.6 Å². The highest BCUT2D eigenvalue weighted by atomic mass is 19.1. The number of nitrogens with one attached hydrogen (secondary N) is 2. The zero-order valence-electron chi connectivity index (χ0n) is 11.7. The zero-order chi connectivity index (χ0) is 15.3. The number of hydrogen-bond acceptors (Lipinski definition) is 2. The van der Waals surface area contributed by atoms with Crippen LogP contribution in [0.1, 0.15) is 37.6 Å². The average Bonchev–Trinajstić information content (AvgIpc) is 2.35. The van der Waals surface area contributed by atoms with E-state index in [1.165, 1.54) is 0 Å². The van der Waals surface area contributed by atoms with Crippen molar-refractivity contribution in [3.63, 3.8) is 0 Å². The highest BCUT2D eigenvalue weighted by Gasteiger charge is 2.17. The molecule has 0 saturated carbocycles. The molecule has 1 aromatic carbocycles. The molecule has 0 aliphatic carbocycles. The second-order valence-electron chi connectivity index (χ2n) is 4.85. The summed E-state index contributed by atoms with van der Waals surface area (Å²) in [5, 5.41) is 14.1. The van der Waals surface area contributed by atoms with Crippen LogP contribution in [0.3, 0.4) is 0 Å². The van der Waals surface area contributed by atoms with Crippen LogP contribution in [0.2, 0.25) is 0 Å². The molecule has 0 fully saturated rings. The minimum Gasteiger partial charge on any atom is -0.478 e. The van der Waals surface area contributed by atoms with E-state index in [0.717, 1.165) is 24.6 Å². The van der Waals surface area contributed by atoms with Gasteiger partial charge in [-0.1, -0.05) is 20.8 Å². The standard InChI is InChI=1S/C14H19FN2O3/c1-4-11(8(2)3)16-14(20)17-12-7-9(15)5-6-10(12)13(18)19/h5-8,11H,4H2,1-3H3,(H,18,19)(H2,16,17,20). The van der Waals surface area contributed by atoms with E-state index in [1.807, 2.05) is 20.8 Å². The summed E-state index contributed by atoms with van der Waals surface area (Å²) in [6.45, 7) is 5.88. The molecule has 1 unspecified atom stereocenters. The van der Waals surface area contributed by atoms with Gasteiger partial charge in [0.15, 0.2) is 0 Å². The normalized spacial score (nSPS) is 12.1. The molecular formula is C14H19FN2O3. The summed E-state index contributed by atoms with van der Waals surface area (Å²) < 4.78 is 13.2. The summed E-state index contributed by atoms with van der Waals surface area (Å²) in [4.78, 5) is 22.8. The summed E-state index contributed by atoms with van der Waals surface area (Å²) in [6, 6.07) is 2.57. The number of anilines is 1. The van der Waals surface area contributed by atoms with Gasteiger partial charge in [0.05, 0.1) is 11.3 Å². The fourth-order valence-corrected chi connectivity index (χ4v) is 1.87. The van der Waals surface area contributed by atoms with E-state index < -0.39 is 17.8 Å². The first-order valence-electron chi connectivity index (χ1n) is 6.45. The predicted molar refractivity (Wildman–Crippen MR) is 74.4 cm³/mol. The summed E-state index contributed by atoms with van der Waals surface area (Å²) in [6.07, 6.45) is 0.750. The summed E-state index contributed by atoms with van der Waals surface area (Å²) in [5.74, 6) is -1.59. The molecule has 0 heterocycles. The number of carbonyl (C=O) groups excluding carboxylic acids is 1. The van der Waals surface area contributed by atoms with Gasteiger partial charge in [-0.15, -0.1) is 0 Å². The Morgan fingerprint density at radius 2 is 2.00 bits per heavy atom. The van der Waals surface area contributed by atoms with Crippen LogP contribution in [0.4, 0.5) is 14.9 Å². The van der Waals surface area contributed by atoms with Crippen molar-refractivity contribution >= 4 is 17.7 Å². The molecule has 6 heteroatoms. The van der Waals surface area contributed by atoms with Crippen LogP contribution >= 0.6 is 0 Å². The number of carboxylic acids is 1. The molecule has 0 aliphatic rings. The molecule has 110 valence electrons. The number of benzene rings is 1. The van der Waals surface area contributed by atoms with E-state index in [2.05, 4.69) is 10.6 Å². The number of amides is 2. The molecule has 0 aliphatic heterocycles. The molecule has 20 heavy (non-hydrogen) atoms. The molecule has 2 amide bonds. The van der Waals surface area contributed by atoms with Crippen LogP contribution in [0.25, 0.3) is 0 Å². The van der Waals surface area contributed by atoms with Crippen LogP contribution in [0, 0.1) is 11.7 Å². The molecule has 1 atom stereocenters. The maximum Gasteiger partial charge on any atom is 0.337 e. The van der Waals surface area contributed by atoms with Gasteiger partial charge in [-0.25, -0.2) is 14.0 Å². The third kappa shape index (κ3) is 4.22. The van der Waals surface area contributed by atoms with Crippen molar-refractivity contribution < 1.29 is 19.1 Å². The van der Waals surface area contributed by atoms with Gasteiger partial charge in [-0.3, -0.25) is 0 Å². The monoisotopic (exact) mass is 282 g/mol. The fourth-order valence-electron chi connectivity index (χ4n) is 1.87. The SMILES string of the molecule is CCC(NC(=O)Nc1cc(F)ccc1C(=O)O)C(C)C. The quantitative estimate of drug-likeness (QED) is 0.776. The average molecular weight is 282 g/mol. The molecule has 0 spiro atoms. The molecule has 0 radical (unpaired) electrons. The highest BCUT2D eigenvalue weighted by Crippen LogP contribution is 2.17. The number of urea groups is 1. The Kier molecular flexibility index (Phi) is 5.49. The summed E-state index contributed by atoms with van der Waals surface area (Å²) in [5.41, 5.74) is -0.215. The Balaban J connectivity index is 2.85. The van der Waals surface area contributed by atoms with E-state index in [0.29, 0.717) is 0 Å². The smallest absolute Gasteiger partial charge is 0.337 e. The molecule has 0 saturated heterocycles. The van der Waals surface area contributed by atoms with E-state index in [-0.39, 0.29) is 23.2 Å². The molecule has 1 rings (SSSR count). The summed E-state index contributed by atoms with van der Waals surface area (Å²) in [7, 11) is 0. The van der Waals surface area contributed by atoms with Crippen molar-refractivity contribution in [2.24, 2.45) is 5.92 Å². The van der Waals surface area contributed by atoms with Crippen LogP contribution in [-0.2, 0) is 0 Å². The lowest BCUT2D eigenvalue weighted by molar-refractivity contribution is 0.0698. The Labute approximate surface area is 117 Å². The lowest BCUT2D eigenvalue weighted by atomic mass is 10.0. The number of aromatic carboxylic acids is 1. The van der Waals surface area contributed by atoms with E-state index in [4.69, 9.17) is 5.11 Å². The topological polar surface area (TPSA) is 78.4 Å². The van der Waals surface area contributed by atoms with Gasteiger partial charge in [-0.2, -0.15) is 0 Å². The Bertz CT molecular complexity index is 503. The van der Waals surface area contributed by atoms with E-state index in [1.54, 1.807) is 0 Å². The maximum atomic E-state index is 13.2. The summed E-state index contributed by atoms with van der Waals surface area (Å²) >= 11 is 0. The van der Waals surface area contributed by atoms with Crippen molar-refractivity contribution in [3.8, 4) is 0 Å². The Morgan fingerprint density at radius 1 is 1.35 bits per heavy atom. The van der Waals surface area contributed by atoms with Crippen molar-refractivity contribution in [1.82, 2.24) is 5.32 Å². The predicted octanol–water partition coefficient (Wildman–Crippen LogP) is 3.08. The second-order valence-corrected chi connectivity index (χ2v) is 4.85. The van der Waals surface area contributed by atoms with Crippen LogP contribution < -0.4 is 10.6 Å². The third-order valence-electron chi connectivity index (χ3n) is 3.02. The third-order valence-corrected chi connectivity index (χ3v) is 3.02. The minimum atomic E-state index is -1.23. The lowest BCUT2D eigenvalue weighted by Crippen LogP contribution is -2.40. The van der Waals surface area contributed by atoms with Crippen molar-refractivity contribution in [1.29, 1.82) is 0 Å². The molecule has 0 bridgehead atoms. The molecular weight excluding hydrogens is 263 g/mol. The second kappa shape index (κ2) is 6.88. The molecule has 5 nitrogen and oxygen atoms in total. The van der Waals surface area contributed by atoms with Crippen LogP contribution in [0.15, 0.2) is 18.2 Å². The fraction of sp³-hybridized carbons (Fsp3) is 0.429. The largest absolute Gasteiger partial charge is 0.478 e. The number of carboxylic acid groups (broad SMARTS) is 1. The molecule has 3 N–H and O–H groups in total. The minimum absolute atomic E-state index is 0.0307. The van der Waals surface area contributed by atoms with Crippen molar-refractivity contribution in [2.45, 2.75) is 33.2 Å². The Morgan fingerprint density at radius 3 is 2.50 bits per heavy atom. The molecule has 1 aromatic rings. The molecule has 0 aromatic heterocycles. The van der Waals surface area contributed by atoms with Gasteiger partial charge in [0, 0.05) is 6.04 Å². The van der Waals surface area contributed by atoms with Gasteiger partial charge >= 0.3 is 12.0 Å². The zero-order valence-corrected chi connectivity index (χ0v) is 11.7. The van der Waals surface area contributed by atoms with Crippen molar-refractivity contribution in [2.75, 3.05) is 5.32 Å². The van der Waals surface area contributed by atoms with Crippen LogP contribution in [0.5, 0.6) is 0 Å². The van der Waals surface area contributed by atoms with Gasteiger partial charge in [-0.05, 0) is 30.5 Å².